The number of nitrogens with zero attached hydrogens (tertiary/aromatic N) is 5. The molecule has 0 radical (unpaired) electrons. The summed E-state index contributed by atoms with van der Waals surface area (Å²) in [6.07, 6.45) is 3.98. The number of anilines is 1. The third kappa shape index (κ3) is 4.82. The van der Waals surface area contributed by atoms with Crippen LogP contribution < -0.4 is 25.0 Å². The van der Waals surface area contributed by atoms with Crippen molar-refractivity contribution in [2.45, 2.75) is 25.4 Å². The second-order valence-electron chi connectivity index (χ2n) is 7.45. The van der Waals surface area contributed by atoms with Crippen LogP contribution in [0.25, 0.3) is 5.65 Å². The van der Waals surface area contributed by atoms with E-state index >= 15 is 0 Å². The lowest BCUT2D eigenvalue weighted by Gasteiger charge is -2.34. The number of benzene rings is 1. The summed E-state index contributed by atoms with van der Waals surface area (Å²) < 4.78 is 12.8. The van der Waals surface area contributed by atoms with Crippen molar-refractivity contribution in [2.75, 3.05) is 39.3 Å². The molecule has 0 saturated carbocycles. The predicted molar refractivity (Wildman–Crippen MR) is 121 cm³/mol. The molecular formula is C22H29N7O2. The van der Waals surface area contributed by atoms with Crippen molar-refractivity contribution in [1.82, 2.24) is 25.2 Å². The van der Waals surface area contributed by atoms with Gasteiger partial charge in [0.2, 0.25) is 0 Å². The highest BCUT2D eigenvalue weighted by molar-refractivity contribution is 5.80. The minimum Gasteiger partial charge on any atom is -0.497 e. The van der Waals surface area contributed by atoms with Gasteiger partial charge in [-0.1, -0.05) is 6.07 Å². The summed E-state index contributed by atoms with van der Waals surface area (Å²) in [5.74, 6) is 3.23. The maximum atomic E-state index is 5.41. The zero-order valence-electron chi connectivity index (χ0n) is 18.2. The quantitative estimate of drug-likeness (QED) is 0.464. The molecule has 0 unspecified atom stereocenters. The van der Waals surface area contributed by atoms with E-state index in [1.165, 1.54) is 0 Å². The van der Waals surface area contributed by atoms with Gasteiger partial charge in [0.25, 0.3) is 0 Å². The lowest BCUT2D eigenvalue weighted by Crippen LogP contribution is -2.48. The van der Waals surface area contributed by atoms with Crippen molar-refractivity contribution in [1.29, 1.82) is 0 Å². The Kier molecular flexibility index (Phi) is 6.40. The highest BCUT2D eigenvalue weighted by Crippen LogP contribution is 2.30. The second-order valence-corrected chi connectivity index (χ2v) is 7.45. The van der Waals surface area contributed by atoms with Gasteiger partial charge < -0.3 is 25.0 Å². The third-order valence-corrected chi connectivity index (χ3v) is 5.56. The summed E-state index contributed by atoms with van der Waals surface area (Å²) in [4.78, 5) is 6.74. The standard InChI is InChI=1S/C22H29N7O2/c1-23-22(24-15-21-27-26-20-6-4-5-9-29(20)21)25-16-7-10-28(11-8-16)17-12-18(30-2)14-19(13-17)31-3/h4-6,9,12-14,16H,7-8,10-11,15H2,1-3H3,(H2,23,24,25). The van der Waals surface area contributed by atoms with Crippen LogP contribution in [-0.2, 0) is 6.54 Å². The third-order valence-electron chi connectivity index (χ3n) is 5.56. The summed E-state index contributed by atoms with van der Waals surface area (Å²) in [7, 11) is 5.14. The summed E-state index contributed by atoms with van der Waals surface area (Å²) >= 11 is 0. The molecule has 9 nitrogen and oxygen atoms in total. The molecule has 0 atom stereocenters. The first-order chi connectivity index (χ1) is 15.2. The molecule has 0 aliphatic carbocycles. The number of hydrogen-bond donors (Lipinski definition) is 2. The number of piperidine rings is 1. The van der Waals surface area contributed by atoms with E-state index in [1.54, 1.807) is 21.3 Å². The highest BCUT2D eigenvalue weighted by atomic mass is 16.5. The molecule has 3 heterocycles. The fourth-order valence-corrected chi connectivity index (χ4v) is 3.82. The number of rotatable bonds is 6. The van der Waals surface area contributed by atoms with Gasteiger partial charge in [0.15, 0.2) is 17.4 Å². The van der Waals surface area contributed by atoms with Gasteiger partial charge >= 0.3 is 0 Å². The van der Waals surface area contributed by atoms with Crippen LogP contribution in [0.15, 0.2) is 47.6 Å². The Bertz CT molecular complexity index is 1020. The van der Waals surface area contributed by atoms with Crippen LogP contribution in [0.3, 0.4) is 0 Å². The molecule has 2 N–H and O–H groups in total. The summed E-state index contributed by atoms with van der Waals surface area (Å²) in [5.41, 5.74) is 1.96. The molecule has 9 heteroatoms. The van der Waals surface area contributed by atoms with Gasteiger partial charge in [-0.3, -0.25) is 9.39 Å². The fourth-order valence-electron chi connectivity index (χ4n) is 3.82. The first kappa shape index (κ1) is 20.8. The van der Waals surface area contributed by atoms with Crippen molar-refractivity contribution in [3.05, 3.63) is 48.4 Å². The van der Waals surface area contributed by atoms with Crippen LogP contribution in [0.5, 0.6) is 11.5 Å². The molecule has 1 aliphatic heterocycles. The monoisotopic (exact) mass is 423 g/mol. The highest BCUT2D eigenvalue weighted by Gasteiger charge is 2.21. The molecule has 1 aliphatic rings. The molecule has 164 valence electrons. The molecule has 31 heavy (non-hydrogen) atoms. The number of aliphatic imine (C=N–C) groups is 1. The van der Waals surface area contributed by atoms with Gasteiger partial charge in [-0.15, -0.1) is 10.2 Å². The minimum atomic E-state index is 0.352. The predicted octanol–water partition coefficient (Wildman–Crippen LogP) is 2.08. The maximum Gasteiger partial charge on any atom is 0.191 e. The molecular weight excluding hydrogens is 394 g/mol. The smallest absolute Gasteiger partial charge is 0.191 e. The van der Waals surface area contributed by atoms with E-state index < -0.39 is 0 Å². The van der Waals surface area contributed by atoms with E-state index in [2.05, 4.69) is 42.9 Å². The van der Waals surface area contributed by atoms with Crippen molar-refractivity contribution < 1.29 is 9.47 Å². The normalized spacial score (nSPS) is 15.2. The van der Waals surface area contributed by atoms with Crippen LogP contribution in [0, 0.1) is 0 Å². The number of pyridine rings is 1. The number of methoxy groups -OCH3 is 2. The number of fused-ring (bicyclic) bond motifs is 1. The summed E-state index contributed by atoms with van der Waals surface area (Å²) in [5, 5.41) is 15.3. The van der Waals surface area contributed by atoms with Crippen LogP contribution in [0.2, 0.25) is 0 Å². The summed E-state index contributed by atoms with van der Waals surface area (Å²) in [6, 6.07) is 12.2. The average molecular weight is 424 g/mol. The molecule has 0 spiro atoms. The van der Waals surface area contributed by atoms with Gasteiger partial charge in [-0.25, -0.2) is 0 Å². The Morgan fingerprint density at radius 3 is 2.52 bits per heavy atom. The summed E-state index contributed by atoms with van der Waals surface area (Å²) in [6.45, 7) is 2.44. The van der Waals surface area contributed by atoms with Crippen LogP contribution in [0.4, 0.5) is 5.69 Å². The van der Waals surface area contributed by atoms with Gasteiger partial charge in [0, 0.05) is 56.3 Å². The second kappa shape index (κ2) is 9.55. The molecule has 2 aromatic heterocycles. The first-order valence-corrected chi connectivity index (χ1v) is 10.4. The Hall–Kier alpha value is -3.49. The lowest BCUT2D eigenvalue weighted by atomic mass is 10.0. The van der Waals surface area contributed by atoms with E-state index in [4.69, 9.17) is 9.47 Å². The number of hydrogen-bond acceptors (Lipinski definition) is 6. The van der Waals surface area contributed by atoms with Crippen LogP contribution in [0.1, 0.15) is 18.7 Å². The first-order valence-electron chi connectivity index (χ1n) is 10.4. The van der Waals surface area contributed by atoms with Crippen molar-refractivity contribution in [3.63, 3.8) is 0 Å². The van der Waals surface area contributed by atoms with Crippen molar-refractivity contribution in [2.24, 2.45) is 4.99 Å². The van der Waals surface area contributed by atoms with Crippen LogP contribution >= 0.6 is 0 Å². The average Bonchev–Trinajstić information content (AvgIpc) is 3.25. The molecule has 1 saturated heterocycles. The van der Waals surface area contributed by atoms with Crippen molar-refractivity contribution in [3.8, 4) is 11.5 Å². The molecule has 4 rings (SSSR count). The number of nitrogens with one attached hydrogen (secondary N) is 2. The Morgan fingerprint density at radius 2 is 1.84 bits per heavy atom. The van der Waals surface area contributed by atoms with E-state index in [-0.39, 0.29) is 0 Å². The van der Waals surface area contributed by atoms with Crippen LogP contribution in [-0.4, -0.2) is 61.0 Å². The molecule has 1 fully saturated rings. The largest absolute Gasteiger partial charge is 0.497 e. The Labute approximate surface area is 182 Å². The minimum absolute atomic E-state index is 0.352. The maximum absolute atomic E-state index is 5.41. The number of ether oxygens (including phenoxy) is 2. The molecule has 1 aromatic carbocycles. The van der Waals surface area contributed by atoms with E-state index in [0.717, 1.165) is 60.5 Å². The van der Waals surface area contributed by atoms with Crippen molar-refractivity contribution >= 4 is 17.3 Å². The molecule has 3 aromatic rings. The van der Waals surface area contributed by atoms with E-state index in [9.17, 15) is 0 Å². The fraction of sp³-hybridized carbons (Fsp3) is 0.409. The Balaban J connectivity index is 1.31. The lowest BCUT2D eigenvalue weighted by molar-refractivity contribution is 0.393. The van der Waals surface area contributed by atoms with Gasteiger partial charge in [0.1, 0.15) is 11.5 Å². The van der Waals surface area contributed by atoms with Gasteiger partial charge in [-0.05, 0) is 25.0 Å². The molecule has 0 amide bonds. The zero-order valence-corrected chi connectivity index (χ0v) is 18.2. The SMILES string of the molecule is CN=C(NCc1nnc2ccccn12)NC1CCN(c2cc(OC)cc(OC)c2)CC1. The zero-order chi connectivity index (χ0) is 21.6. The molecule has 0 bridgehead atoms. The number of aromatic nitrogens is 3. The van der Waals surface area contributed by atoms with E-state index in [1.807, 2.05) is 34.9 Å². The van der Waals surface area contributed by atoms with Gasteiger partial charge in [-0.2, -0.15) is 0 Å². The Morgan fingerprint density at radius 1 is 1.10 bits per heavy atom. The van der Waals surface area contributed by atoms with E-state index in [0.29, 0.717) is 12.6 Å². The van der Waals surface area contributed by atoms with Gasteiger partial charge in [0.05, 0.1) is 20.8 Å². The topological polar surface area (TPSA) is 88.3 Å². The number of guanidine groups is 1.